The molecule has 0 spiro atoms. The van der Waals surface area contributed by atoms with E-state index in [0.717, 1.165) is 6.42 Å². The van der Waals surface area contributed by atoms with Crippen molar-refractivity contribution in [3.05, 3.63) is 0 Å². The average Bonchev–Trinajstić information content (AvgIpc) is 2.84. The molecule has 1 atom stereocenters. The predicted octanol–water partition coefficient (Wildman–Crippen LogP) is 3.60. The van der Waals surface area contributed by atoms with Crippen LogP contribution >= 0.6 is 0 Å². The second-order valence-corrected chi connectivity index (χ2v) is 7.49. The summed E-state index contributed by atoms with van der Waals surface area (Å²) in [5.41, 5.74) is 0.0750. The number of hydrogen-bond donors (Lipinski definition) is 2. The zero-order valence-corrected chi connectivity index (χ0v) is 13.8. The monoisotopic (exact) mass is 297 g/mol. The van der Waals surface area contributed by atoms with Crippen molar-refractivity contribution < 1.29 is 14.7 Å². The first-order valence-corrected chi connectivity index (χ1v) is 8.27. The van der Waals surface area contributed by atoms with Gasteiger partial charge < -0.3 is 10.4 Å². The van der Waals surface area contributed by atoms with Crippen molar-refractivity contribution in [2.45, 2.75) is 72.1 Å². The standard InChI is InChI=1S/C17H31NO3/c1-17(2,3)14(8-9-16(20)21)10-11-18-15(19)12-13-6-4-5-7-13/h13-14H,4-12H2,1-3H3,(H,18,19)(H,20,21). The third-order valence-electron chi connectivity index (χ3n) is 4.70. The molecule has 122 valence electrons. The first-order valence-electron chi connectivity index (χ1n) is 8.27. The van der Waals surface area contributed by atoms with Gasteiger partial charge in [0.05, 0.1) is 0 Å². The quantitative estimate of drug-likeness (QED) is 0.719. The van der Waals surface area contributed by atoms with Crippen molar-refractivity contribution in [2.75, 3.05) is 6.54 Å². The molecule has 0 aromatic rings. The van der Waals surface area contributed by atoms with Crippen LogP contribution in [0.4, 0.5) is 0 Å². The van der Waals surface area contributed by atoms with Crippen LogP contribution in [0.3, 0.4) is 0 Å². The number of carboxylic acids is 1. The SMILES string of the molecule is CC(C)(C)C(CCNC(=O)CC1CCCC1)CCC(=O)O. The molecule has 1 aliphatic carbocycles. The van der Waals surface area contributed by atoms with Crippen LogP contribution in [0, 0.1) is 17.3 Å². The Bertz CT molecular complexity index is 340. The molecule has 2 N–H and O–H groups in total. The number of amides is 1. The highest BCUT2D eigenvalue weighted by Crippen LogP contribution is 2.32. The number of aliphatic carboxylic acids is 1. The minimum atomic E-state index is -0.741. The van der Waals surface area contributed by atoms with E-state index in [1.165, 1.54) is 25.7 Å². The summed E-state index contributed by atoms with van der Waals surface area (Å²) in [7, 11) is 0. The smallest absolute Gasteiger partial charge is 0.303 e. The largest absolute Gasteiger partial charge is 0.481 e. The van der Waals surface area contributed by atoms with E-state index < -0.39 is 5.97 Å². The Hall–Kier alpha value is -1.06. The van der Waals surface area contributed by atoms with E-state index in [4.69, 9.17) is 5.11 Å². The van der Waals surface area contributed by atoms with Gasteiger partial charge in [-0.2, -0.15) is 0 Å². The molecule has 1 aliphatic rings. The second kappa shape index (κ2) is 8.40. The summed E-state index contributed by atoms with van der Waals surface area (Å²) in [5.74, 6) is 0.318. The lowest BCUT2D eigenvalue weighted by atomic mass is 9.76. The number of rotatable bonds is 8. The topological polar surface area (TPSA) is 66.4 Å². The molecule has 1 amide bonds. The van der Waals surface area contributed by atoms with E-state index in [-0.39, 0.29) is 17.7 Å². The zero-order valence-electron chi connectivity index (χ0n) is 13.8. The highest BCUT2D eigenvalue weighted by Gasteiger charge is 2.25. The van der Waals surface area contributed by atoms with Crippen molar-refractivity contribution in [1.82, 2.24) is 5.32 Å². The maximum absolute atomic E-state index is 11.9. The first-order chi connectivity index (χ1) is 9.79. The van der Waals surface area contributed by atoms with E-state index in [1.54, 1.807) is 0 Å². The Morgan fingerprint density at radius 2 is 1.81 bits per heavy atom. The van der Waals surface area contributed by atoms with Crippen LogP contribution in [-0.4, -0.2) is 23.5 Å². The normalized spacial score (nSPS) is 17.7. The summed E-state index contributed by atoms with van der Waals surface area (Å²) in [6.07, 6.45) is 7.31. The summed E-state index contributed by atoms with van der Waals surface area (Å²) in [4.78, 5) is 22.6. The molecule has 0 aromatic heterocycles. The fourth-order valence-electron chi connectivity index (χ4n) is 3.24. The third kappa shape index (κ3) is 7.49. The van der Waals surface area contributed by atoms with Gasteiger partial charge in [-0.3, -0.25) is 9.59 Å². The maximum atomic E-state index is 11.9. The summed E-state index contributed by atoms with van der Waals surface area (Å²) in [5, 5.41) is 11.8. The summed E-state index contributed by atoms with van der Waals surface area (Å²) in [6.45, 7) is 7.08. The molecule has 21 heavy (non-hydrogen) atoms. The van der Waals surface area contributed by atoms with Crippen molar-refractivity contribution in [3.63, 3.8) is 0 Å². The summed E-state index contributed by atoms with van der Waals surface area (Å²) < 4.78 is 0. The molecule has 0 aliphatic heterocycles. The number of carbonyl (C=O) groups excluding carboxylic acids is 1. The van der Waals surface area contributed by atoms with Gasteiger partial charge >= 0.3 is 5.97 Å². The van der Waals surface area contributed by atoms with Gasteiger partial charge in [-0.1, -0.05) is 33.6 Å². The summed E-state index contributed by atoms with van der Waals surface area (Å²) >= 11 is 0. The third-order valence-corrected chi connectivity index (χ3v) is 4.70. The lowest BCUT2D eigenvalue weighted by Crippen LogP contribution is -2.30. The van der Waals surface area contributed by atoms with Gasteiger partial charge in [0.2, 0.25) is 5.91 Å². The van der Waals surface area contributed by atoms with Gasteiger partial charge in [0, 0.05) is 19.4 Å². The molecule has 1 unspecified atom stereocenters. The maximum Gasteiger partial charge on any atom is 0.303 e. The molecule has 1 rings (SSSR count). The Kier molecular flexibility index (Phi) is 7.20. The molecule has 0 heterocycles. The number of carbonyl (C=O) groups is 2. The van der Waals surface area contributed by atoms with Crippen molar-refractivity contribution in [1.29, 1.82) is 0 Å². The molecule has 0 aromatic carbocycles. The molecule has 0 saturated heterocycles. The van der Waals surface area contributed by atoms with Gasteiger partial charge in [-0.25, -0.2) is 0 Å². The van der Waals surface area contributed by atoms with Crippen LogP contribution in [-0.2, 0) is 9.59 Å². The molecular formula is C17H31NO3. The lowest BCUT2D eigenvalue weighted by Gasteiger charge is -2.30. The Balaban J connectivity index is 2.28. The van der Waals surface area contributed by atoms with Gasteiger partial charge in [-0.15, -0.1) is 0 Å². The zero-order chi connectivity index (χ0) is 15.9. The van der Waals surface area contributed by atoms with E-state index in [2.05, 4.69) is 26.1 Å². The van der Waals surface area contributed by atoms with Crippen LogP contribution < -0.4 is 5.32 Å². The molecule has 0 bridgehead atoms. The molecular weight excluding hydrogens is 266 g/mol. The highest BCUT2D eigenvalue weighted by molar-refractivity contribution is 5.76. The fourth-order valence-corrected chi connectivity index (χ4v) is 3.24. The summed E-state index contributed by atoms with van der Waals surface area (Å²) in [6, 6.07) is 0. The van der Waals surface area contributed by atoms with Crippen molar-refractivity contribution in [2.24, 2.45) is 17.3 Å². The lowest BCUT2D eigenvalue weighted by molar-refractivity contribution is -0.137. The van der Waals surface area contributed by atoms with Crippen LogP contribution in [0.5, 0.6) is 0 Å². The second-order valence-electron chi connectivity index (χ2n) is 7.49. The predicted molar refractivity (Wildman–Crippen MR) is 84.0 cm³/mol. The van der Waals surface area contributed by atoms with Crippen LogP contribution in [0.15, 0.2) is 0 Å². The van der Waals surface area contributed by atoms with Gasteiger partial charge in [0.15, 0.2) is 0 Å². The Morgan fingerprint density at radius 3 is 2.33 bits per heavy atom. The Labute approximate surface area is 128 Å². The van der Waals surface area contributed by atoms with Crippen molar-refractivity contribution >= 4 is 11.9 Å². The van der Waals surface area contributed by atoms with Gasteiger partial charge in [0.1, 0.15) is 0 Å². The number of carboxylic acid groups (broad SMARTS) is 1. The van der Waals surface area contributed by atoms with Crippen molar-refractivity contribution in [3.8, 4) is 0 Å². The fraction of sp³-hybridized carbons (Fsp3) is 0.882. The van der Waals surface area contributed by atoms with Gasteiger partial charge in [0.25, 0.3) is 0 Å². The van der Waals surface area contributed by atoms with Crippen LogP contribution in [0.25, 0.3) is 0 Å². The number of hydrogen-bond acceptors (Lipinski definition) is 2. The first kappa shape index (κ1) is 18.0. The molecule has 1 fully saturated rings. The molecule has 1 saturated carbocycles. The number of nitrogens with one attached hydrogen (secondary N) is 1. The average molecular weight is 297 g/mol. The molecule has 0 radical (unpaired) electrons. The van der Waals surface area contributed by atoms with E-state index in [0.29, 0.717) is 31.2 Å². The highest BCUT2D eigenvalue weighted by atomic mass is 16.4. The van der Waals surface area contributed by atoms with Crippen LogP contribution in [0.1, 0.15) is 72.1 Å². The van der Waals surface area contributed by atoms with E-state index >= 15 is 0 Å². The minimum absolute atomic E-state index is 0.0750. The van der Waals surface area contributed by atoms with E-state index in [9.17, 15) is 9.59 Å². The van der Waals surface area contributed by atoms with Crippen LogP contribution in [0.2, 0.25) is 0 Å². The Morgan fingerprint density at radius 1 is 1.19 bits per heavy atom. The molecule has 4 nitrogen and oxygen atoms in total. The van der Waals surface area contributed by atoms with Gasteiger partial charge in [-0.05, 0) is 42.9 Å². The van der Waals surface area contributed by atoms with E-state index in [1.807, 2.05) is 0 Å². The molecule has 4 heteroatoms. The minimum Gasteiger partial charge on any atom is -0.481 e.